The third kappa shape index (κ3) is 13.2. The zero-order valence-corrected chi connectivity index (χ0v) is 29.7. The molecule has 2 aromatic rings. The van der Waals surface area contributed by atoms with Crippen molar-refractivity contribution in [2.24, 2.45) is 0 Å². The molecule has 6 heteroatoms. The van der Waals surface area contributed by atoms with E-state index in [1.165, 1.54) is 27.8 Å². The summed E-state index contributed by atoms with van der Waals surface area (Å²) in [7, 11) is 6.43. The van der Waals surface area contributed by atoms with Gasteiger partial charge in [0.1, 0.15) is 5.75 Å². The summed E-state index contributed by atoms with van der Waals surface area (Å²) in [6.45, 7) is 24.0. The first kappa shape index (κ1) is 43.3. The number of likely N-dealkylation sites (N-methyl/N-ethyl adjacent to an activating group) is 2. The fourth-order valence-electron chi connectivity index (χ4n) is 4.95. The average Bonchev–Trinajstić information content (AvgIpc) is 2.86. The Balaban J connectivity index is -0.00000218. The molecular formula is C34H61N2O3Ti-. The van der Waals surface area contributed by atoms with E-state index in [0.29, 0.717) is 29.4 Å². The number of benzene rings is 2. The number of aromatic hydroxyl groups is 1. The van der Waals surface area contributed by atoms with Gasteiger partial charge < -0.3 is 32.5 Å². The number of phenolic OH excluding ortho intramolecular Hbond substituents is 1. The molecule has 0 heterocycles. The summed E-state index contributed by atoms with van der Waals surface area (Å²) < 4.78 is 0. The normalized spacial score (nSPS) is 10.8. The van der Waals surface area contributed by atoms with Crippen molar-refractivity contribution >= 4 is 0 Å². The van der Waals surface area contributed by atoms with Gasteiger partial charge in [-0.25, -0.2) is 0 Å². The van der Waals surface area contributed by atoms with Crippen LogP contribution in [0.5, 0.6) is 5.75 Å². The van der Waals surface area contributed by atoms with E-state index < -0.39 is 0 Å². The minimum absolute atomic E-state index is 0. The van der Waals surface area contributed by atoms with E-state index in [1.807, 2.05) is 0 Å². The van der Waals surface area contributed by atoms with Crippen molar-refractivity contribution < 1.29 is 37.0 Å². The molecule has 0 unspecified atom stereocenters. The van der Waals surface area contributed by atoms with E-state index in [4.69, 9.17) is 10.2 Å². The Morgan fingerprint density at radius 3 is 1.07 bits per heavy atom. The maximum Gasteiger partial charge on any atom is 0.122 e. The van der Waals surface area contributed by atoms with Crippen LogP contribution in [-0.4, -0.2) is 66.5 Å². The van der Waals surface area contributed by atoms with Gasteiger partial charge in [-0.1, -0.05) is 79.7 Å². The standard InChI is InChI=1S/C31H50N2O.2CH4O.CH3.Ti/c1-20(2)27-14-25(15-28(21(3)4)24(27)9)18-32(10)12-13-33(11)19-26-16-29(22(5)6)31(34)30(17-26)23(7)8;2*1-2;;/h14-17,20-23,34H,12-13,18-19H2,1-11H3;2*2H,1H3;1H3;/q;;;-1;. The van der Waals surface area contributed by atoms with Crippen molar-refractivity contribution in [1.29, 1.82) is 0 Å². The van der Waals surface area contributed by atoms with Crippen LogP contribution in [0.1, 0.15) is 118 Å². The Morgan fingerprint density at radius 1 is 0.575 bits per heavy atom. The molecule has 0 fully saturated rings. The Morgan fingerprint density at radius 2 is 0.825 bits per heavy atom. The smallest absolute Gasteiger partial charge is 0.122 e. The third-order valence-electron chi connectivity index (χ3n) is 7.03. The second-order valence-electron chi connectivity index (χ2n) is 11.6. The van der Waals surface area contributed by atoms with Crippen molar-refractivity contribution in [1.82, 2.24) is 9.80 Å². The molecule has 3 N–H and O–H groups in total. The van der Waals surface area contributed by atoms with Crippen molar-refractivity contribution in [3.05, 3.63) is 70.6 Å². The second-order valence-corrected chi connectivity index (χ2v) is 11.6. The summed E-state index contributed by atoms with van der Waals surface area (Å²) in [6.07, 6.45) is 0. The van der Waals surface area contributed by atoms with Crippen LogP contribution in [0.3, 0.4) is 0 Å². The second kappa shape index (κ2) is 21.5. The van der Waals surface area contributed by atoms with Crippen LogP contribution in [0.4, 0.5) is 0 Å². The van der Waals surface area contributed by atoms with Gasteiger partial charge in [0, 0.05) is 62.1 Å². The summed E-state index contributed by atoms with van der Waals surface area (Å²) in [4.78, 5) is 4.83. The van der Waals surface area contributed by atoms with E-state index in [2.05, 4.69) is 110 Å². The number of aliphatic hydroxyl groups excluding tert-OH is 2. The number of aliphatic hydroxyl groups is 2. The van der Waals surface area contributed by atoms with Crippen LogP contribution in [0.2, 0.25) is 0 Å². The van der Waals surface area contributed by atoms with Gasteiger partial charge in [0.15, 0.2) is 0 Å². The molecule has 0 spiro atoms. The number of phenols is 1. The topological polar surface area (TPSA) is 67.2 Å². The Hall–Kier alpha value is -1.21. The minimum atomic E-state index is 0. The van der Waals surface area contributed by atoms with E-state index in [-0.39, 0.29) is 29.1 Å². The van der Waals surface area contributed by atoms with Crippen molar-refractivity contribution in [3.8, 4) is 5.75 Å². The monoisotopic (exact) mass is 593 g/mol. The summed E-state index contributed by atoms with van der Waals surface area (Å²) in [6, 6.07) is 9.23. The Kier molecular flexibility index (Phi) is 23.2. The molecule has 40 heavy (non-hydrogen) atoms. The molecular weight excluding hydrogens is 532 g/mol. The molecule has 0 radical (unpaired) electrons. The molecule has 0 atom stereocenters. The molecule has 2 rings (SSSR count). The first-order valence-electron chi connectivity index (χ1n) is 14.1. The number of rotatable bonds is 11. The molecule has 5 nitrogen and oxygen atoms in total. The largest absolute Gasteiger partial charge is 0.507 e. The Bertz CT molecular complexity index is 823. The summed E-state index contributed by atoms with van der Waals surface area (Å²) in [5.74, 6) is 2.21. The maximum absolute atomic E-state index is 10.7. The van der Waals surface area contributed by atoms with E-state index in [0.717, 1.165) is 51.5 Å². The van der Waals surface area contributed by atoms with Crippen LogP contribution in [0.15, 0.2) is 24.3 Å². The SMILES string of the molecule is CO.CO.Cc1c(C(C)C)cc(CN(C)CCN(C)Cc2cc(C(C)C)c(O)c(C(C)C)c2)cc1C(C)C.[CH3-].[Ti]. The maximum atomic E-state index is 10.7. The van der Waals surface area contributed by atoms with Gasteiger partial charge in [0.25, 0.3) is 0 Å². The Labute approximate surface area is 262 Å². The van der Waals surface area contributed by atoms with Gasteiger partial charge in [-0.05, 0) is 83.6 Å². The molecule has 0 saturated heterocycles. The molecule has 0 amide bonds. The number of nitrogens with zero attached hydrogens (tertiary/aromatic N) is 2. The van der Waals surface area contributed by atoms with Gasteiger partial charge in [-0.2, -0.15) is 0 Å². The van der Waals surface area contributed by atoms with Gasteiger partial charge in [-0.15, -0.1) is 0 Å². The molecule has 0 aromatic heterocycles. The summed E-state index contributed by atoms with van der Waals surface area (Å²) in [5, 5.41) is 24.7. The predicted molar refractivity (Wildman–Crippen MR) is 171 cm³/mol. The van der Waals surface area contributed by atoms with Crippen LogP contribution in [-0.2, 0) is 34.8 Å². The molecule has 0 aliphatic rings. The van der Waals surface area contributed by atoms with Crippen LogP contribution in [0.25, 0.3) is 0 Å². The van der Waals surface area contributed by atoms with Crippen molar-refractivity contribution in [2.75, 3.05) is 41.4 Å². The van der Waals surface area contributed by atoms with Crippen LogP contribution < -0.4 is 0 Å². The van der Waals surface area contributed by atoms with Crippen LogP contribution >= 0.6 is 0 Å². The van der Waals surface area contributed by atoms with Crippen molar-refractivity contribution in [3.63, 3.8) is 0 Å². The fourth-order valence-corrected chi connectivity index (χ4v) is 4.95. The number of hydrogen-bond donors (Lipinski definition) is 3. The predicted octanol–water partition coefficient (Wildman–Crippen LogP) is 7.42. The van der Waals surface area contributed by atoms with Gasteiger partial charge in [-0.3, -0.25) is 0 Å². The minimum Gasteiger partial charge on any atom is -0.507 e. The molecule has 230 valence electrons. The van der Waals surface area contributed by atoms with Crippen molar-refractivity contribution in [2.45, 2.75) is 99.1 Å². The molecule has 0 aliphatic carbocycles. The summed E-state index contributed by atoms with van der Waals surface area (Å²) >= 11 is 0. The fraction of sp³-hybridized carbons (Fsp3) is 0.618. The summed E-state index contributed by atoms with van der Waals surface area (Å²) in [5.41, 5.74) is 9.27. The van der Waals surface area contributed by atoms with Gasteiger partial charge in [0.05, 0.1) is 0 Å². The molecule has 2 aromatic carbocycles. The molecule has 0 bridgehead atoms. The van der Waals surface area contributed by atoms with E-state index in [1.54, 1.807) is 0 Å². The quantitative estimate of drug-likeness (QED) is 0.187. The zero-order chi connectivity index (χ0) is 29.7. The van der Waals surface area contributed by atoms with Gasteiger partial charge >= 0.3 is 0 Å². The average molecular weight is 594 g/mol. The van der Waals surface area contributed by atoms with Crippen LogP contribution in [0, 0.1) is 14.4 Å². The molecule has 0 saturated carbocycles. The van der Waals surface area contributed by atoms with E-state index >= 15 is 0 Å². The number of hydrogen-bond acceptors (Lipinski definition) is 5. The third-order valence-corrected chi connectivity index (χ3v) is 7.03. The first-order chi connectivity index (χ1) is 17.8. The zero-order valence-electron chi connectivity index (χ0n) is 28.2. The first-order valence-corrected chi connectivity index (χ1v) is 14.1. The van der Waals surface area contributed by atoms with Gasteiger partial charge in [0.2, 0.25) is 0 Å². The molecule has 0 aliphatic heterocycles. The van der Waals surface area contributed by atoms with E-state index in [9.17, 15) is 5.11 Å².